The maximum atomic E-state index is 12.6. The first-order chi connectivity index (χ1) is 23.6. The molecule has 8 nitrogen and oxygen atoms in total. The van der Waals surface area contributed by atoms with E-state index < -0.39 is 18.1 Å². The third-order valence-electron chi connectivity index (χ3n) is 9.15. The number of carbonyl (C=O) groups excluding carboxylic acids is 3. The molecule has 0 aromatic heterocycles. The number of carboxylic acid groups (broad SMARTS) is 1. The summed E-state index contributed by atoms with van der Waals surface area (Å²) in [6, 6.07) is -0.722. The van der Waals surface area contributed by atoms with Crippen molar-refractivity contribution >= 4 is 17.9 Å². The zero-order chi connectivity index (χ0) is 36.4. The smallest absolute Gasteiger partial charge is 0.306 e. The number of hydrogen-bond donors (Lipinski definition) is 0. The molecule has 0 rings (SSSR count). The van der Waals surface area contributed by atoms with Gasteiger partial charge < -0.3 is 28.6 Å². The first-order valence-corrected chi connectivity index (χ1v) is 20.2. The summed E-state index contributed by atoms with van der Waals surface area (Å²) < 4.78 is 17.1. The number of hydrogen-bond acceptors (Lipinski definition) is 7. The molecule has 0 heterocycles. The molecule has 0 saturated heterocycles. The van der Waals surface area contributed by atoms with Gasteiger partial charge in [0, 0.05) is 19.3 Å². The van der Waals surface area contributed by atoms with Gasteiger partial charge in [-0.3, -0.25) is 9.59 Å². The summed E-state index contributed by atoms with van der Waals surface area (Å²) in [5, 5.41) is 11.6. The fourth-order valence-corrected chi connectivity index (χ4v) is 5.95. The molecule has 0 radical (unpaired) electrons. The number of nitrogens with zero attached hydrogens (tertiary/aromatic N) is 1. The van der Waals surface area contributed by atoms with Gasteiger partial charge in [-0.2, -0.15) is 0 Å². The molecule has 8 heteroatoms. The number of carboxylic acids is 1. The number of aliphatic carboxylic acids is 1. The molecule has 0 fully saturated rings. The first kappa shape index (κ1) is 47.1. The van der Waals surface area contributed by atoms with Gasteiger partial charge >= 0.3 is 11.9 Å². The molecule has 0 amide bonds. The van der Waals surface area contributed by atoms with Gasteiger partial charge in [-0.25, -0.2) is 0 Å². The van der Waals surface area contributed by atoms with Crippen LogP contribution in [0.15, 0.2) is 12.2 Å². The summed E-state index contributed by atoms with van der Waals surface area (Å²) >= 11 is 0. The lowest BCUT2D eigenvalue weighted by Gasteiger charge is -2.34. The van der Waals surface area contributed by atoms with Crippen LogP contribution < -0.4 is 5.11 Å². The van der Waals surface area contributed by atoms with Crippen molar-refractivity contribution in [3.05, 3.63) is 12.2 Å². The highest BCUT2D eigenvalue weighted by Crippen LogP contribution is 2.14. The fraction of sp³-hybridized carbons (Fsp3) is 0.878. The van der Waals surface area contributed by atoms with E-state index in [0.29, 0.717) is 12.8 Å². The standard InChI is InChI=1S/C41H77NO7/c1-6-8-10-12-14-16-18-20-22-23-25-27-29-31-39(43)48-36-37(35-47-34-33-38(41(45)46)42(3,4)5)49-40(44)32-30-28-26-24-21-19-17-15-13-11-9-7-2/h20,22,37-38H,6-19,21,23-36H2,1-5H3/b22-20+. The quantitative estimate of drug-likeness (QED) is 0.0279. The average Bonchev–Trinajstić information content (AvgIpc) is 3.05. The molecule has 49 heavy (non-hydrogen) atoms. The number of allylic oxidation sites excluding steroid dienone is 2. The average molecular weight is 696 g/mol. The van der Waals surface area contributed by atoms with Crippen LogP contribution in [0.2, 0.25) is 0 Å². The molecule has 0 N–H and O–H groups in total. The Morgan fingerprint density at radius 1 is 0.592 bits per heavy atom. The molecule has 0 spiro atoms. The Morgan fingerprint density at radius 3 is 1.49 bits per heavy atom. The SMILES string of the molecule is CCCCCCCC/C=C/CCCCCC(=O)OCC(COCCC(C(=O)[O-])[N+](C)(C)C)OC(=O)CCCCCCCCCCCCCC. The van der Waals surface area contributed by atoms with E-state index in [-0.39, 0.29) is 42.7 Å². The topological polar surface area (TPSA) is 102 Å². The summed E-state index contributed by atoms with van der Waals surface area (Å²) in [6.45, 7) is 4.64. The second kappa shape index (κ2) is 33.2. The molecular weight excluding hydrogens is 618 g/mol. The van der Waals surface area contributed by atoms with Gasteiger partial charge in [0.25, 0.3) is 0 Å². The van der Waals surface area contributed by atoms with E-state index in [1.54, 1.807) is 21.1 Å². The van der Waals surface area contributed by atoms with Gasteiger partial charge in [0.05, 0.1) is 40.3 Å². The Kier molecular flexibility index (Phi) is 31.9. The lowest BCUT2D eigenvalue weighted by atomic mass is 10.0. The molecule has 0 aliphatic heterocycles. The van der Waals surface area contributed by atoms with Crippen molar-refractivity contribution < 1.29 is 38.2 Å². The number of likely N-dealkylation sites (N-methyl/N-ethyl adjacent to an activating group) is 1. The highest BCUT2D eigenvalue weighted by Gasteiger charge is 2.25. The van der Waals surface area contributed by atoms with Crippen LogP contribution in [0.25, 0.3) is 0 Å². The summed E-state index contributed by atoms with van der Waals surface area (Å²) in [4.78, 5) is 36.7. The molecule has 2 unspecified atom stereocenters. The van der Waals surface area contributed by atoms with E-state index >= 15 is 0 Å². The number of carbonyl (C=O) groups is 3. The first-order valence-electron chi connectivity index (χ1n) is 20.2. The molecule has 0 aliphatic rings. The molecule has 0 aromatic rings. The van der Waals surface area contributed by atoms with E-state index in [4.69, 9.17) is 14.2 Å². The van der Waals surface area contributed by atoms with Crippen molar-refractivity contribution in [1.29, 1.82) is 0 Å². The van der Waals surface area contributed by atoms with Crippen LogP contribution in [-0.4, -0.2) is 75.5 Å². The van der Waals surface area contributed by atoms with Crippen LogP contribution in [0.3, 0.4) is 0 Å². The Balaban J connectivity index is 4.40. The molecule has 0 aliphatic carbocycles. The normalized spacial score (nSPS) is 13.1. The second-order valence-corrected chi connectivity index (χ2v) is 14.9. The largest absolute Gasteiger partial charge is 0.544 e. The van der Waals surface area contributed by atoms with E-state index in [0.717, 1.165) is 51.4 Å². The van der Waals surface area contributed by atoms with E-state index in [1.165, 1.54) is 96.3 Å². The maximum Gasteiger partial charge on any atom is 0.306 e. The summed E-state index contributed by atoms with van der Waals surface area (Å²) in [7, 11) is 5.40. The minimum absolute atomic E-state index is 0.0411. The van der Waals surface area contributed by atoms with Crippen molar-refractivity contribution in [2.45, 2.75) is 193 Å². The zero-order valence-corrected chi connectivity index (χ0v) is 32.6. The molecule has 0 saturated carbocycles. The molecule has 2 atom stereocenters. The molecule has 0 bridgehead atoms. The van der Waals surface area contributed by atoms with E-state index in [2.05, 4.69) is 26.0 Å². The highest BCUT2D eigenvalue weighted by molar-refractivity contribution is 5.70. The Bertz CT molecular complexity index is 823. The van der Waals surface area contributed by atoms with Gasteiger partial charge in [0.2, 0.25) is 0 Å². The maximum absolute atomic E-state index is 12.6. The number of ether oxygens (including phenoxy) is 3. The minimum atomic E-state index is -1.13. The summed E-state index contributed by atoms with van der Waals surface area (Å²) in [5.41, 5.74) is 0. The van der Waals surface area contributed by atoms with Gasteiger partial charge in [-0.05, 0) is 38.5 Å². The van der Waals surface area contributed by atoms with Crippen molar-refractivity contribution in [1.82, 2.24) is 0 Å². The summed E-state index contributed by atoms with van der Waals surface area (Å²) in [6.07, 6.45) is 32.3. The molecule has 0 aromatic carbocycles. The van der Waals surface area contributed by atoms with Gasteiger partial charge in [-0.15, -0.1) is 0 Å². The van der Waals surface area contributed by atoms with Crippen molar-refractivity contribution in [3.8, 4) is 0 Å². The minimum Gasteiger partial charge on any atom is -0.544 e. The number of esters is 2. The third kappa shape index (κ3) is 31.8. The number of rotatable bonds is 36. The Labute approximate surface area is 301 Å². The highest BCUT2D eigenvalue weighted by atomic mass is 16.6. The molecular formula is C41H77NO7. The van der Waals surface area contributed by atoms with E-state index in [9.17, 15) is 19.5 Å². The van der Waals surface area contributed by atoms with Crippen LogP contribution in [0.4, 0.5) is 0 Å². The van der Waals surface area contributed by atoms with Crippen LogP contribution >= 0.6 is 0 Å². The van der Waals surface area contributed by atoms with Crippen LogP contribution in [0, 0.1) is 0 Å². The van der Waals surface area contributed by atoms with Crippen LogP contribution in [0.1, 0.15) is 181 Å². The van der Waals surface area contributed by atoms with Gasteiger partial charge in [0.1, 0.15) is 12.6 Å². The lowest BCUT2D eigenvalue weighted by molar-refractivity contribution is -0.889. The van der Waals surface area contributed by atoms with Crippen molar-refractivity contribution in [3.63, 3.8) is 0 Å². The second-order valence-electron chi connectivity index (χ2n) is 14.9. The van der Waals surface area contributed by atoms with E-state index in [1.807, 2.05) is 0 Å². The lowest BCUT2D eigenvalue weighted by Crippen LogP contribution is -2.55. The third-order valence-corrected chi connectivity index (χ3v) is 9.15. The van der Waals surface area contributed by atoms with Crippen LogP contribution in [-0.2, 0) is 28.6 Å². The number of unbranched alkanes of at least 4 members (excludes halogenated alkanes) is 20. The van der Waals surface area contributed by atoms with Crippen molar-refractivity contribution in [2.75, 3.05) is 41.0 Å². The van der Waals surface area contributed by atoms with Crippen molar-refractivity contribution in [2.24, 2.45) is 0 Å². The Hall–Kier alpha value is -1.93. The van der Waals surface area contributed by atoms with Gasteiger partial charge in [-0.1, -0.05) is 135 Å². The zero-order valence-electron chi connectivity index (χ0n) is 32.6. The predicted molar refractivity (Wildman–Crippen MR) is 199 cm³/mol. The number of quaternary nitrogens is 1. The van der Waals surface area contributed by atoms with Gasteiger partial charge in [0.15, 0.2) is 6.10 Å². The summed E-state index contributed by atoms with van der Waals surface area (Å²) in [5.74, 6) is -1.75. The van der Waals surface area contributed by atoms with Crippen LogP contribution in [0.5, 0.6) is 0 Å². The Morgan fingerprint density at radius 2 is 1.02 bits per heavy atom. The monoisotopic (exact) mass is 696 g/mol. The fourth-order valence-electron chi connectivity index (χ4n) is 5.95. The molecule has 288 valence electrons. The predicted octanol–water partition coefficient (Wildman–Crippen LogP) is 9.02.